The van der Waals surface area contributed by atoms with Crippen molar-refractivity contribution < 1.29 is 0 Å². The van der Waals surface area contributed by atoms with Crippen LogP contribution in [0.4, 0.5) is 0 Å². The molecule has 0 bridgehead atoms. The van der Waals surface area contributed by atoms with Crippen molar-refractivity contribution in [2.45, 2.75) is 0 Å². The maximum absolute atomic E-state index is 5.70. The van der Waals surface area contributed by atoms with E-state index in [0.717, 1.165) is 17.0 Å². The van der Waals surface area contributed by atoms with Crippen molar-refractivity contribution in [3.05, 3.63) is 47.9 Å². The van der Waals surface area contributed by atoms with E-state index in [2.05, 4.69) is 15.2 Å². The van der Waals surface area contributed by atoms with Crippen LogP contribution in [0.1, 0.15) is 0 Å². The highest BCUT2D eigenvalue weighted by atomic mass is 35.5. The second kappa shape index (κ2) is 3.57. The number of nitrogens with zero attached hydrogens (tertiary/aromatic N) is 4. The standard InChI is InChI=1S/C11H7ClN4/c12-10-5-4-8(14-15-10)9-2-1-3-11-13-6-7-16(9)11/h1-7H. The van der Waals surface area contributed by atoms with Gasteiger partial charge in [-0.1, -0.05) is 17.7 Å². The van der Waals surface area contributed by atoms with E-state index in [1.54, 1.807) is 12.3 Å². The highest BCUT2D eigenvalue weighted by Crippen LogP contribution is 2.18. The number of aromatic nitrogens is 4. The Balaban J connectivity index is 2.25. The van der Waals surface area contributed by atoms with E-state index in [4.69, 9.17) is 11.6 Å². The highest BCUT2D eigenvalue weighted by molar-refractivity contribution is 6.29. The fourth-order valence-electron chi connectivity index (χ4n) is 1.61. The summed E-state index contributed by atoms with van der Waals surface area (Å²) in [5.74, 6) is 0. The van der Waals surface area contributed by atoms with Crippen molar-refractivity contribution in [2.75, 3.05) is 0 Å². The Morgan fingerprint density at radius 2 is 2.00 bits per heavy atom. The molecule has 5 heteroatoms. The molecule has 0 N–H and O–H groups in total. The van der Waals surface area contributed by atoms with E-state index in [1.165, 1.54) is 0 Å². The molecular formula is C11H7ClN4. The van der Waals surface area contributed by atoms with Crippen LogP contribution >= 0.6 is 11.6 Å². The first kappa shape index (κ1) is 9.30. The summed E-state index contributed by atoms with van der Waals surface area (Å²) < 4.78 is 1.96. The van der Waals surface area contributed by atoms with Crippen LogP contribution in [0.2, 0.25) is 5.15 Å². The molecule has 0 unspecified atom stereocenters. The molecule has 3 aromatic rings. The van der Waals surface area contributed by atoms with Crippen molar-refractivity contribution in [3.63, 3.8) is 0 Å². The third-order valence-electron chi connectivity index (χ3n) is 2.32. The Labute approximate surface area is 96.5 Å². The van der Waals surface area contributed by atoms with E-state index < -0.39 is 0 Å². The van der Waals surface area contributed by atoms with Crippen LogP contribution in [0.5, 0.6) is 0 Å². The minimum Gasteiger partial charge on any atom is -0.298 e. The molecular weight excluding hydrogens is 224 g/mol. The molecule has 3 aromatic heterocycles. The number of imidazole rings is 1. The Morgan fingerprint density at radius 3 is 2.81 bits per heavy atom. The summed E-state index contributed by atoms with van der Waals surface area (Å²) >= 11 is 5.70. The number of pyridine rings is 1. The molecule has 0 aromatic carbocycles. The van der Waals surface area contributed by atoms with Gasteiger partial charge in [-0.15, -0.1) is 10.2 Å². The van der Waals surface area contributed by atoms with Gasteiger partial charge < -0.3 is 0 Å². The van der Waals surface area contributed by atoms with E-state index in [9.17, 15) is 0 Å². The Morgan fingerprint density at radius 1 is 1.06 bits per heavy atom. The minimum absolute atomic E-state index is 0.390. The van der Waals surface area contributed by atoms with Crippen molar-refractivity contribution in [3.8, 4) is 11.4 Å². The van der Waals surface area contributed by atoms with Crippen LogP contribution in [0.15, 0.2) is 42.7 Å². The van der Waals surface area contributed by atoms with Gasteiger partial charge >= 0.3 is 0 Å². The smallest absolute Gasteiger partial charge is 0.151 e. The molecule has 0 amide bonds. The molecule has 0 saturated heterocycles. The van der Waals surface area contributed by atoms with Gasteiger partial charge in [0, 0.05) is 12.4 Å². The molecule has 0 radical (unpaired) electrons. The topological polar surface area (TPSA) is 43.1 Å². The van der Waals surface area contributed by atoms with Crippen LogP contribution in [-0.4, -0.2) is 19.6 Å². The largest absolute Gasteiger partial charge is 0.298 e. The van der Waals surface area contributed by atoms with E-state index in [0.29, 0.717) is 5.15 Å². The maximum atomic E-state index is 5.70. The second-order valence-electron chi connectivity index (χ2n) is 3.31. The zero-order valence-corrected chi connectivity index (χ0v) is 8.96. The van der Waals surface area contributed by atoms with Crippen LogP contribution in [0.3, 0.4) is 0 Å². The Bertz CT molecular complexity index is 630. The fourth-order valence-corrected chi connectivity index (χ4v) is 1.71. The normalized spacial score (nSPS) is 10.8. The number of hydrogen-bond acceptors (Lipinski definition) is 3. The summed E-state index contributed by atoms with van der Waals surface area (Å²) in [6, 6.07) is 9.40. The number of halogens is 1. The lowest BCUT2D eigenvalue weighted by atomic mass is 10.2. The molecule has 78 valence electrons. The minimum atomic E-state index is 0.390. The zero-order chi connectivity index (χ0) is 11.0. The number of rotatable bonds is 1. The van der Waals surface area contributed by atoms with Crippen molar-refractivity contribution in [1.82, 2.24) is 19.6 Å². The molecule has 3 rings (SSSR count). The first-order chi connectivity index (χ1) is 7.84. The third-order valence-corrected chi connectivity index (χ3v) is 2.52. The van der Waals surface area contributed by atoms with Gasteiger partial charge in [-0.25, -0.2) is 4.98 Å². The van der Waals surface area contributed by atoms with Crippen LogP contribution < -0.4 is 0 Å². The average Bonchev–Trinajstić information content (AvgIpc) is 2.78. The first-order valence-electron chi connectivity index (χ1n) is 4.76. The Kier molecular flexibility index (Phi) is 2.08. The Hall–Kier alpha value is -1.94. The molecule has 16 heavy (non-hydrogen) atoms. The lowest BCUT2D eigenvalue weighted by Gasteiger charge is -2.03. The van der Waals surface area contributed by atoms with Crippen LogP contribution in [0.25, 0.3) is 17.0 Å². The van der Waals surface area contributed by atoms with Gasteiger partial charge in [0.05, 0.1) is 5.69 Å². The summed E-state index contributed by atoms with van der Waals surface area (Å²) in [5, 5.41) is 8.27. The second-order valence-corrected chi connectivity index (χ2v) is 3.70. The molecule has 3 heterocycles. The van der Waals surface area contributed by atoms with E-state index in [1.807, 2.05) is 34.9 Å². The molecule has 0 spiro atoms. The maximum Gasteiger partial charge on any atom is 0.151 e. The van der Waals surface area contributed by atoms with E-state index in [-0.39, 0.29) is 0 Å². The van der Waals surface area contributed by atoms with E-state index >= 15 is 0 Å². The first-order valence-corrected chi connectivity index (χ1v) is 5.14. The lowest BCUT2D eigenvalue weighted by molar-refractivity contribution is 1.02. The monoisotopic (exact) mass is 230 g/mol. The predicted octanol–water partition coefficient (Wildman–Crippen LogP) is 2.44. The van der Waals surface area contributed by atoms with Gasteiger partial charge in [-0.2, -0.15) is 0 Å². The third kappa shape index (κ3) is 1.44. The predicted molar refractivity (Wildman–Crippen MR) is 61.2 cm³/mol. The van der Waals surface area contributed by atoms with Gasteiger partial charge in [0.15, 0.2) is 5.15 Å². The summed E-state index contributed by atoms with van der Waals surface area (Å²) in [5.41, 5.74) is 2.60. The van der Waals surface area contributed by atoms with Crippen molar-refractivity contribution >= 4 is 17.2 Å². The van der Waals surface area contributed by atoms with Gasteiger partial charge in [-0.05, 0) is 24.3 Å². The summed E-state index contributed by atoms with van der Waals surface area (Å²) in [4.78, 5) is 4.21. The van der Waals surface area contributed by atoms with Crippen molar-refractivity contribution in [1.29, 1.82) is 0 Å². The number of fused-ring (bicyclic) bond motifs is 1. The summed E-state index contributed by atoms with van der Waals surface area (Å²) in [6.45, 7) is 0. The summed E-state index contributed by atoms with van der Waals surface area (Å²) in [7, 11) is 0. The van der Waals surface area contributed by atoms with Gasteiger partial charge in [-0.3, -0.25) is 4.40 Å². The van der Waals surface area contributed by atoms with Gasteiger partial charge in [0.25, 0.3) is 0 Å². The van der Waals surface area contributed by atoms with Crippen LogP contribution in [-0.2, 0) is 0 Å². The molecule has 0 saturated carbocycles. The SMILES string of the molecule is Clc1ccc(-c2cccc3nccn23)nn1. The molecule has 0 aliphatic rings. The van der Waals surface area contributed by atoms with Gasteiger partial charge in [0.1, 0.15) is 11.3 Å². The van der Waals surface area contributed by atoms with Crippen molar-refractivity contribution in [2.24, 2.45) is 0 Å². The fraction of sp³-hybridized carbons (Fsp3) is 0. The van der Waals surface area contributed by atoms with Gasteiger partial charge in [0.2, 0.25) is 0 Å². The molecule has 0 fully saturated rings. The zero-order valence-electron chi connectivity index (χ0n) is 8.21. The lowest BCUT2D eigenvalue weighted by Crippen LogP contribution is -1.94. The molecule has 0 aliphatic heterocycles. The molecule has 0 atom stereocenters. The molecule has 4 nitrogen and oxygen atoms in total. The highest BCUT2D eigenvalue weighted by Gasteiger charge is 2.04. The summed E-state index contributed by atoms with van der Waals surface area (Å²) in [6.07, 6.45) is 3.64. The average molecular weight is 231 g/mol. The number of hydrogen-bond donors (Lipinski definition) is 0. The molecule has 0 aliphatic carbocycles. The van der Waals surface area contributed by atoms with Crippen LogP contribution in [0, 0.1) is 0 Å². The quantitative estimate of drug-likeness (QED) is 0.645.